The van der Waals surface area contributed by atoms with Gasteiger partial charge in [0.05, 0.1) is 54.1 Å². The first-order chi connectivity index (χ1) is 30.1. The molecule has 0 aliphatic rings. The number of carbonyl (C=O) groups is 1. The minimum Gasteiger partial charge on any atom is -0.494 e. The number of nitrogens with one attached hydrogen (secondary N) is 4. The van der Waals surface area contributed by atoms with Gasteiger partial charge in [0.25, 0.3) is 17.0 Å². The van der Waals surface area contributed by atoms with Gasteiger partial charge in [0.15, 0.2) is 0 Å². The fraction of sp³-hybridized carbons (Fsp3) is 0.250. The van der Waals surface area contributed by atoms with Gasteiger partial charge in [0, 0.05) is 73.1 Å². The SMILES string of the molecule is C=C(Cn1cnc(/C=c2\[nH]c(=O)/c(=C/c3ccccc3)[nH]c2=O)c1C(C)(C)C)C(=O)Nc1cc(Nc2nccc(-c3cn(C)c4ccccc34)n2)c(OC)cc1N(C)CCN(C)C. The number of hydrogen-bond donors (Lipinski definition) is 4. The molecule has 0 unspecified atom stereocenters. The summed E-state index contributed by atoms with van der Waals surface area (Å²) in [6.45, 7) is 11.7. The minimum atomic E-state index is -0.487. The molecule has 324 valence electrons. The summed E-state index contributed by atoms with van der Waals surface area (Å²) < 4.78 is 9.79. The highest BCUT2D eigenvalue weighted by molar-refractivity contribution is 6.06. The first-order valence-electron chi connectivity index (χ1n) is 20.5. The highest BCUT2D eigenvalue weighted by Gasteiger charge is 2.25. The topological polar surface area (TPSA) is 171 Å². The molecular formula is C48H53N11O4. The first kappa shape index (κ1) is 43.6. The van der Waals surface area contributed by atoms with E-state index < -0.39 is 22.4 Å². The van der Waals surface area contributed by atoms with E-state index in [0.29, 0.717) is 35.3 Å². The second-order valence-electron chi connectivity index (χ2n) is 16.7. The third-order valence-corrected chi connectivity index (χ3v) is 10.6. The number of ether oxygens (including phenoxy) is 1. The van der Waals surface area contributed by atoms with Crippen molar-refractivity contribution in [3.05, 3.63) is 152 Å². The van der Waals surface area contributed by atoms with Crippen LogP contribution in [0.1, 0.15) is 37.7 Å². The summed E-state index contributed by atoms with van der Waals surface area (Å²) in [7, 11) is 9.57. The third-order valence-electron chi connectivity index (χ3n) is 10.6. The van der Waals surface area contributed by atoms with Crippen molar-refractivity contribution in [3.8, 4) is 17.0 Å². The lowest BCUT2D eigenvalue weighted by Gasteiger charge is -2.26. The number of amides is 1. The third kappa shape index (κ3) is 9.84. The molecule has 0 saturated heterocycles. The van der Waals surface area contributed by atoms with Crippen molar-refractivity contribution in [2.75, 3.05) is 56.9 Å². The fourth-order valence-corrected chi connectivity index (χ4v) is 7.43. The Morgan fingerprint density at radius 3 is 2.30 bits per heavy atom. The van der Waals surface area contributed by atoms with Crippen LogP contribution in [0.2, 0.25) is 0 Å². The minimum absolute atomic E-state index is 0.0538. The predicted octanol–water partition coefficient (Wildman–Crippen LogP) is 5.11. The van der Waals surface area contributed by atoms with Gasteiger partial charge >= 0.3 is 0 Å². The van der Waals surface area contributed by atoms with Crippen LogP contribution in [0.3, 0.4) is 0 Å². The van der Waals surface area contributed by atoms with Crippen molar-refractivity contribution in [1.29, 1.82) is 0 Å². The molecule has 0 aliphatic carbocycles. The first-order valence-corrected chi connectivity index (χ1v) is 20.5. The summed E-state index contributed by atoms with van der Waals surface area (Å²) in [4.78, 5) is 64.0. The molecule has 7 aromatic rings. The van der Waals surface area contributed by atoms with Gasteiger partial charge in [-0.05, 0) is 50.0 Å². The lowest BCUT2D eigenvalue weighted by Crippen LogP contribution is -2.46. The second kappa shape index (κ2) is 18.2. The van der Waals surface area contributed by atoms with E-state index >= 15 is 0 Å². The number of nitrogens with zero attached hydrogens (tertiary/aromatic N) is 7. The molecule has 4 aromatic heterocycles. The van der Waals surface area contributed by atoms with Gasteiger partial charge in [-0.3, -0.25) is 14.4 Å². The van der Waals surface area contributed by atoms with E-state index in [2.05, 4.69) is 69.8 Å². The monoisotopic (exact) mass is 847 g/mol. The van der Waals surface area contributed by atoms with Crippen molar-refractivity contribution < 1.29 is 9.53 Å². The number of anilines is 4. The number of aromatic amines is 2. The highest BCUT2D eigenvalue weighted by Crippen LogP contribution is 2.39. The molecular weight excluding hydrogens is 795 g/mol. The predicted molar refractivity (Wildman–Crippen MR) is 251 cm³/mol. The molecule has 15 heteroatoms. The highest BCUT2D eigenvalue weighted by atomic mass is 16.5. The van der Waals surface area contributed by atoms with Crippen LogP contribution in [-0.2, 0) is 23.8 Å². The Morgan fingerprint density at radius 2 is 1.60 bits per heavy atom. The lowest BCUT2D eigenvalue weighted by molar-refractivity contribution is -0.113. The molecule has 0 bridgehead atoms. The smallest absolute Gasteiger partial charge is 0.272 e. The van der Waals surface area contributed by atoms with Crippen LogP contribution >= 0.6 is 0 Å². The molecule has 15 nitrogen and oxygen atoms in total. The van der Waals surface area contributed by atoms with Gasteiger partial charge in [-0.1, -0.05) is 75.9 Å². The molecule has 3 aromatic carbocycles. The molecule has 0 saturated carbocycles. The number of aromatic nitrogens is 7. The Hall–Kier alpha value is -7.52. The summed E-state index contributed by atoms with van der Waals surface area (Å²) in [5.74, 6) is 0.468. The zero-order valence-corrected chi connectivity index (χ0v) is 36.9. The van der Waals surface area contributed by atoms with E-state index in [1.54, 1.807) is 31.8 Å². The maximum atomic E-state index is 14.2. The van der Waals surface area contributed by atoms with E-state index in [4.69, 9.17) is 9.72 Å². The average Bonchev–Trinajstić information content (AvgIpc) is 3.82. The quantitative estimate of drug-likeness (QED) is 0.108. The number of H-pyrrole nitrogens is 2. The largest absolute Gasteiger partial charge is 0.494 e. The second-order valence-corrected chi connectivity index (χ2v) is 16.7. The van der Waals surface area contributed by atoms with Crippen molar-refractivity contribution in [2.45, 2.75) is 32.7 Å². The average molecular weight is 848 g/mol. The van der Waals surface area contributed by atoms with Crippen molar-refractivity contribution >= 4 is 52.0 Å². The number of aryl methyl sites for hydroxylation is 1. The summed E-state index contributed by atoms with van der Waals surface area (Å²) in [6, 6.07) is 23.0. The zero-order valence-electron chi connectivity index (χ0n) is 36.9. The number of methoxy groups -OCH3 is 1. The zero-order chi connectivity index (χ0) is 45.0. The lowest BCUT2D eigenvalue weighted by atomic mass is 9.90. The van der Waals surface area contributed by atoms with E-state index in [1.165, 1.54) is 0 Å². The van der Waals surface area contributed by atoms with Gasteiger partial charge in [0.2, 0.25) is 5.95 Å². The van der Waals surface area contributed by atoms with Crippen LogP contribution in [0.25, 0.3) is 34.3 Å². The van der Waals surface area contributed by atoms with Crippen LogP contribution in [0, 0.1) is 0 Å². The Bertz CT molecular complexity index is 3060. The Labute approximate surface area is 365 Å². The van der Waals surface area contributed by atoms with Crippen LogP contribution in [-0.4, -0.2) is 86.2 Å². The van der Waals surface area contributed by atoms with E-state index in [-0.39, 0.29) is 22.8 Å². The molecule has 0 spiro atoms. The standard InChI is InChI=1S/C48H53N11O4/c1-30(27-59-29-50-37(43(59)48(2,3)4)25-39-46(62)52-38(45(61)53-39)23-31-15-11-10-12-16-31)44(60)51-35-24-36(42(63-9)26-41(35)57(7)22-21-56(5)6)55-47-49-20-19-34(54-47)33-28-58(8)40-18-14-13-17-32(33)40/h10-20,23-26,28-29H,1,21-22,27H2,2-9H3,(H,51,60)(H,52,62)(H,53,61)(H,49,54,55)/b38-23-,39-25-. The van der Waals surface area contributed by atoms with Crippen molar-refractivity contribution in [1.82, 2.24) is 39.0 Å². The molecule has 0 fully saturated rings. The molecule has 0 atom stereocenters. The number of benzene rings is 3. The number of hydrogen-bond acceptors (Lipinski definition) is 10. The van der Waals surface area contributed by atoms with E-state index in [0.717, 1.165) is 45.6 Å². The summed E-state index contributed by atoms with van der Waals surface area (Å²) in [5.41, 5.74) is 5.44. The van der Waals surface area contributed by atoms with Gasteiger partial charge < -0.3 is 44.3 Å². The number of fused-ring (bicyclic) bond motifs is 1. The Morgan fingerprint density at radius 1 is 0.905 bits per heavy atom. The molecule has 7 rings (SSSR count). The Kier molecular flexibility index (Phi) is 12.6. The van der Waals surface area contributed by atoms with Crippen molar-refractivity contribution in [2.24, 2.45) is 7.05 Å². The van der Waals surface area contributed by atoms with Crippen molar-refractivity contribution in [3.63, 3.8) is 0 Å². The molecule has 0 radical (unpaired) electrons. The van der Waals surface area contributed by atoms with Gasteiger partial charge in [-0.2, -0.15) is 0 Å². The number of rotatable bonds is 14. The van der Waals surface area contributed by atoms with Crippen LogP contribution < -0.4 is 42.1 Å². The molecule has 1 amide bonds. The van der Waals surface area contributed by atoms with Gasteiger partial charge in [0.1, 0.15) is 16.4 Å². The van der Waals surface area contributed by atoms with E-state index in [9.17, 15) is 14.4 Å². The maximum Gasteiger partial charge on any atom is 0.272 e. The number of likely N-dealkylation sites (N-methyl/N-ethyl adjacent to an activating group) is 2. The maximum absolute atomic E-state index is 14.2. The molecule has 63 heavy (non-hydrogen) atoms. The number of imidazole rings is 1. The van der Waals surface area contributed by atoms with Gasteiger partial charge in [-0.25, -0.2) is 15.0 Å². The molecule has 0 aliphatic heterocycles. The molecule has 4 N–H and O–H groups in total. The number of para-hydroxylation sites is 1. The number of carbonyl (C=O) groups excluding carboxylic acids is 1. The summed E-state index contributed by atoms with van der Waals surface area (Å²) >= 11 is 0. The summed E-state index contributed by atoms with van der Waals surface area (Å²) in [6.07, 6.45) is 8.54. The van der Waals surface area contributed by atoms with Gasteiger partial charge in [-0.15, -0.1) is 0 Å². The van der Waals surface area contributed by atoms with Crippen LogP contribution in [0.15, 0.2) is 113 Å². The van der Waals surface area contributed by atoms with Crippen LogP contribution in [0.4, 0.5) is 23.0 Å². The summed E-state index contributed by atoms with van der Waals surface area (Å²) in [5, 5.41) is 7.72. The normalized spacial score (nSPS) is 12.3. The fourth-order valence-electron chi connectivity index (χ4n) is 7.43. The van der Waals surface area contributed by atoms with Crippen LogP contribution in [0.5, 0.6) is 5.75 Å². The molecule has 4 heterocycles. The Balaban J connectivity index is 1.18. The van der Waals surface area contributed by atoms with E-state index in [1.807, 2.05) is 114 Å².